The van der Waals surface area contributed by atoms with E-state index >= 15 is 0 Å². The van der Waals surface area contributed by atoms with Crippen molar-refractivity contribution in [1.29, 1.82) is 0 Å². The summed E-state index contributed by atoms with van der Waals surface area (Å²) in [4.78, 5) is 27.5. The molecule has 0 aliphatic carbocycles. The second-order valence-corrected chi connectivity index (χ2v) is 7.51. The van der Waals surface area contributed by atoms with E-state index < -0.39 is 0 Å². The molecular weight excluding hydrogens is 364 g/mol. The molecule has 6 nitrogen and oxygen atoms in total. The maximum Gasteiger partial charge on any atom is 0.323 e. The van der Waals surface area contributed by atoms with Crippen molar-refractivity contribution in [2.45, 2.75) is 40.0 Å². The second-order valence-electron chi connectivity index (χ2n) is 7.51. The lowest BCUT2D eigenvalue weighted by Crippen LogP contribution is -2.28. The lowest BCUT2D eigenvalue weighted by Gasteiger charge is -2.22. The van der Waals surface area contributed by atoms with Crippen molar-refractivity contribution in [3.63, 3.8) is 0 Å². The van der Waals surface area contributed by atoms with Gasteiger partial charge in [0.1, 0.15) is 0 Å². The predicted molar refractivity (Wildman–Crippen MR) is 119 cm³/mol. The molecule has 1 fully saturated rings. The molecular formula is C23H30N4O2. The number of carbonyl (C=O) groups is 2. The van der Waals surface area contributed by atoms with Crippen LogP contribution in [0.25, 0.3) is 0 Å². The number of urea groups is 1. The van der Waals surface area contributed by atoms with E-state index in [1.165, 1.54) is 0 Å². The Hall–Kier alpha value is -3.02. The molecule has 0 unspecified atom stereocenters. The lowest BCUT2D eigenvalue weighted by atomic mass is 10.1. The maximum atomic E-state index is 12.7. The molecule has 3 N–H and O–H groups in total. The Balaban J connectivity index is 1.79. The van der Waals surface area contributed by atoms with E-state index in [-0.39, 0.29) is 11.9 Å². The number of nitrogens with zero attached hydrogens (tertiary/aromatic N) is 1. The van der Waals surface area contributed by atoms with Gasteiger partial charge in [-0.3, -0.25) is 4.79 Å². The summed E-state index contributed by atoms with van der Waals surface area (Å²) in [7, 11) is 0. The highest BCUT2D eigenvalue weighted by Gasteiger charge is 2.20. The fraction of sp³-hybridized carbons (Fsp3) is 0.391. The first-order valence-electron chi connectivity index (χ1n) is 10.3. The van der Waals surface area contributed by atoms with Gasteiger partial charge in [-0.25, -0.2) is 4.79 Å². The molecule has 1 aliphatic rings. The topological polar surface area (TPSA) is 73.5 Å². The second kappa shape index (κ2) is 9.45. The first-order chi connectivity index (χ1) is 14.0. The minimum absolute atomic E-state index is 0.104. The highest BCUT2D eigenvalue weighted by molar-refractivity contribution is 6.04. The number of rotatable bonds is 6. The summed E-state index contributed by atoms with van der Waals surface area (Å²) >= 11 is 0. The zero-order valence-corrected chi connectivity index (χ0v) is 17.5. The van der Waals surface area contributed by atoms with Crippen LogP contribution in [0.15, 0.2) is 36.4 Å². The molecule has 0 atom stereocenters. The molecule has 6 heteroatoms. The Morgan fingerprint density at radius 2 is 1.79 bits per heavy atom. The van der Waals surface area contributed by atoms with Crippen LogP contribution in [0.5, 0.6) is 0 Å². The molecule has 0 radical (unpaired) electrons. The third kappa shape index (κ3) is 5.08. The minimum Gasteiger partial charge on any atom is -0.371 e. The molecule has 2 aromatic rings. The molecule has 0 bridgehead atoms. The number of nitrogens with one attached hydrogen (secondary N) is 3. The minimum atomic E-state index is -0.326. The zero-order valence-electron chi connectivity index (χ0n) is 17.5. The third-order valence-electron chi connectivity index (χ3n) is 5.33. The lowest BCUT2D eigenvalue weighted by molar-refractivity contribution is 0.0954. The molecule has 0 aromatic heterocycles. The van der Waals surface area contributed by atoms with Gasteiger partial charge in [-0.2, -0.15) is 0 Å². The quantitative estimate of drug-likeness (QED) is 0.666. The van der Waals surface area contributed by atoms with Crippen LogP contribution in [0.2, 0.25) is 0 Å². The molecule has 0 spiro atoms. The summed E-state index contributed by atoms with van der Waals surface area (Å²) in [6.45, 7) is 8.55. The monoisotopic (exact) mass is 394 g/mol. The van der Waals surface area contributed by atoms with Gasteiger partial charge in [-0.15, -0.1) is 0 Å². The van der Waals surface area contributed by atoms with E-state index in [2.05, 4.69) is 20.9 Å². The Labute approximate surface area is 172 Å². The number of carbonyl (C=O) groups excluding carboxylic acids is 2. The van der Waals surface area contributed by atoms with Gasteiger partial charge in [0.05, 0.1) is 5.56 Å². The third-order valence-corrected chi connectivity index (χ3v) is 5.33. The van der Waals surface area contributed by atoms with Crippen molar-refractivity contribution >= 4 is 29.0 Å². The van der Waals surface area contributed by atoms with E-state index in [0.29, 0.717) is 17.8 Å². The molecule has 3 amide bonds. The summed E-state index contributed by atoms with van der Waals surface area (Å²) < 4.78 is 0. The number of anilines is 3. The fourth-order valence-electron chi connectivity index (χ4n) is 3.53. The zero-order chi connectivity index (χ0) is 20.8. The number of hydrogen-bond acceptors (Lipinski definition) is 3. The maximum absolute atomic E-state index is 12.7. The van der Waals surface area contributed by atoms with E-state index in [1.54, 1.807) is 6.07 Å². The number of aryl methyl sites for hydroxylation is 1. The van der Waals surface area contributed by atoms with Crippen LogP contribution in [-0.4, -0.2) is 31.6 Å². The van der Waals surface area contributed by atoms with E-state index in [9.17, 15) is 9.59 Å². The van der Waals surface area contributed by atoms with Gasteiger partial charge < -0.3 is 20.9 Å². The summed E-state index contributed by atoms with van der Waals surface area (Å²) in [5, 5.41) is 8.70. The SMILES string of the molecule is CCCNC(=O)c1cc(NC(=O)Nc2cccc(C)c2C)ccc1N1CCCC1. The van der Waals surface area contributed by atoms with Gasteiger partial charge in [0, 0.05) is 36.7 Å². The van der Waals surface area contributed by atoms with Crippen LogP contribution < -0.4 is 20.9 Å². The van der Waals surface area contributed by atoms with Crippen LogP contribution >= 0.6 is 0 Å². The number of amides is 3. The van der Waals surface area contributed by atoms with E-state index in [0.717, 1.165) is 54.9 Å². The molecule has 1 saturated heterocycles. The van der Waals surface area contributed by atoms with Gasteiger partial charge in [-0.05, 0) is 68.5 Å². The van der Waals surface area contributed by atoms with Crippen LogP contribution in [0, 0.1) is 13.8 Å². The number of benzene rings is 2. The average Bonchev–Trinajstić information content (AvgIpc) is 3.24. The number of hydrogen-bond donors (Lipinski definition) is 3. The largest absolute Gasteiger partial charge is 0.371 e. The summed E-state index contributed by atoms with van der Waals surface area (Å²) in [5.74, 6) is -0.104. The Morgan fingerprint density at radius 1 is 1.03 bits per heavy atom. The fourth-order valence-corrected chi connectivity index (χ4v) is 3.53. The molecule has 1 aliphatic heterocycles. The van der Waals surface area contributed by atoms with E-state index in [1.807, 2.05) is 51.1 Å². The predicted octanol–water partition coefficient (Wildman–Crippen LogP) is 4.69. The summed E-state index contributed by atoms with van der Waals surface area (Å²) in [6, 6.07) is 11.0. The van der Waals surface area contributed by atoms with Gasteiger partial charge in [-0.1, -0.05) is 19.1 Å². The molecule has 3 rings (SSSR count). The van der Waals surface area contributed by atoms with Crippen molar-refractivity contribution in [2.24, 2.45) is 0 Å². The summed E-state index contributed by atoms with van der Waals surface area (Å²) in [5.41, 5.74) is 5.05. The van der Waals surface area contributed by atoms with Gasteiger partial charge in [0.25, 0.3) is 5.91 Å². The molecule has 0 saturated carbocycles. The smallest absolute Gasteiger partial charge is 0.323 e. The van der Waals surface area contributed by atoms with Gasteiger partial charge in [0.15, 0.2) is 0 Å². The van der Waals surface area contributed by atoms with Crippen LogP contribution in [-0.2, 0) is 0 Å². The highest BCUT2D eigenvalue weighted by atomic mass is 16.2. The standard InChI is InChI=1S/C23H30N4O2/c1-4-12-24-22(28)19-15-18(10-11-21(19)27-13-5-6-14-27)25-23(29)26-20-9-7-8-16(2)17(20)3/h7-11,15H,4-6,12-14H2,1-3H3,(H,24,28)(H2,25,26,29). The van der Waals surface area contributed by atoms with Gasteiger partial charge in [0.2, 0.25) is 0 Å². The average molecular weight is 395 g/mol. The molecule has 29 heavy (non-hydrogen) atoms. The van der Waals surface area contributed by atoms with Crippen molar-refractivity contribution in [3.8, 4) is 0 Å². The van der Waals surface area contributed by atoms with Crippen molar-refractivity contribution < 1.29 is 9.59 Å². The molecule has 2 aromatic carbocycles. The summed E-state index contributed by atoms with van der Waals surface area (Å²) in [6.07, 6.45) is 3.14. The first-order valence-corrected chi connectivity index (χ1v) is 10.3. The van der Waals surface area contributed by atoms with Gasteiger partial charge >= 0.3 is 6.03 Å². The Kier molecular flexibility index (Phi) is 6.75. The molecule has 154 valence electrons. The normalized spacial score (nSPS) is 13.3. The van der Waals surface area contributed by atoms with Crippen molar-refractivity contribution in [3.05, 3.63) is 53.1 Å². The Morgan fingerprint density at radius 3 is 2.52 bits per heavy atom. The Bertz CT molecular complexity index is 888. The van der Waals surface area contributed by atoms with Crippen LogP contribution in [0.3, 0.4) is 0 Å². The highest BCUT2D eigenvalue weighted by Crippen LogP contribution is 2.28. The van der Waals surface area contributed by atoms with Crippen molar-refractivity contribution in [1.82, 2.24) is 5.32 Å². The van der Waals surface area contributed by atoms with Crippen molar-refractivity contribution in [2.75, 3.05) is 35.2 Å². The molecule has 1 heterocycles. The first kappa shape index (κ1) is 20.7. The van der Waals surface area contributed by atoms with Crippen LogP contribution in [0.1, 0.15) is 47.7 Å². The van der Waals surface area contributed by atoms with Crippen LogP contribution in [0.4, 0.5) is 21.9 Å². The van der Waals surface area contributed by atoms with E-state index in [4.69, 9.17) is 0 Å².